The molecule has 0 saturated heterocycles. The highest BCUT2D eigenvalue weighted by atomic mass is 35.5. The zero-order chi connectivity index (χ0) is 24.5. The first-order valence-electron chi connectivity index (χ1n) is 9.74. The average molecular weight is 488 g/mol. The van der Waals surface area contributed by atoms with Crippen LogP contribution in [0.2, 0.25) is 5.02 Å². The minimum absolute atomic E-state index is 0.000107. The van der Waals surface area contributed by atoms with Crippen LogP contribution in [-0.2, 0) is 12.7 Å². The van der Waals surface area contributed by atoms with E-state index in [-0.39, 0.29) is 45.1 Å². The number of nitrogens with one attached hydrogen (secondary N) is 2. The monoisotopic (exact) mass is 487 g/mol. The van der Waals surface area contributed by atoms with Crippen LogP contribution < -0.4 is 15.4 Å². The van der Waals surface area contributed by atoms with Gasteiger partial charge >= 0.3 is 6.18 Å². The highest BCUT2D eigenvalue weighted by Gasteiger charge is 2.34. The van der Waals surface area contributed by atoms with E-state index in [1.807, 2.05) is 6.07 Å². The number of nitriles is 1. The van der Waals surface area contributed by atoms with Gasteiger partial charge in [0.05, 0.1) is 27.4 Å². The number of rotatable bonds is 5. The van der Waals surface area contributed by atoms with E-state index >= 15 is 0 Å². The molecular weight excluding hydrogens is 474 g/mol. The zero-order valence-electron chi connectivity index (χ0n) is 17.1. The number of nitrogens with zero attached hydrogens (tertiary/aromatic N) is 3. The molecule has 0 aliphatic heterocycles. The topological polar surface area (TPSA) is 87.7 Å². The molecule has 0 saturated carbocycles. The van der Waals surface area contributed by atoms with Gasteiger partial charge in [-0.15, -0.1) is 0 Å². The third-order valence-electron chi connectivity index (χ3n) is 4.96. The Morgan fingerprint density at radius 1 is 1.12 bits per heavy atom. The molecule has 2 aromatic heterocycles. The van der Waals surface area contributed by atoms with E-state index in [1.54, 1.807) is 6.07 Å². The largest absolute Gasteiger partial charge is 0.618 e. The van der Waals surface area contributed by atoms with Gasteiger partial charge in [-0.2, -0.15) is 23.2 Å². The fourth-order valence-electron chi connectivity index (χ4n) is 3.35. The van der Waals surface area contributed by atoms with Gasteiger partial charge in [-0.25, -0.2) is 4.39 Å². The van der Waals surface area contributed by atoms with Crippen molar-refractivity contribution in [2.75, 3.05) is 10.6 Å². The number of benzene rings is 2. The summed E-state index contributed by atoms with van der Waals surface area (Å²) >= 11 is 5.82. The maximum atomic E-state index is 13.9. The number of hydrogen-bond donors (Lipinski definition) is 2. The van der Waals surface area contributed by atoms with Crippen molar-refractivity contribution in [1.82, 2.24) is 4.98 Å². The lowest BCUT2D eigenvalue weighted by atomic mass is 10.0. The predicted molar refractivity (Wildman–Crippen MR) is 119 cm³/mol. The average Bonchev–Trinajstić information content (AvgIpc) is 2.80. The molecule has 0 unspecified atom stereocenters. The summed E-state index contributed by atoms with van der Waals surface area (Å²) in [7, 11) is 0. The third kappa shape index (κ3) is 4.65. The van der Waals surface area contributed by atoms with Gasteiger partial charge in [0.2, 0.25) is 5.69 Å². The molecule has 0 amide bonds. The minimum atomic E-state index is -4.75. The molecule has 0 aliphatic carbocycles. The Morgan fingerprint density at radius 2 is 1.91 bits per heavy atom. The van der Waals surface area contributed by atoms with Gasteiger partial charge in [0.25, 0.3) is 0 Å². The van der Waals surface area contributed by atoms with Gasteiger partial charge in [-0.05, 0) is 36.4 Å². The highest BCUT2D eigenvalue weighted by molar-refractivity contribution is 6.31. The van der Waals surface area contributed by atoms with E-state index in [4.69, 9.17) is 11.6 Å². The molecule has 2 N–H and O–H groups in total. The van der Waals surface area contributed by atoms with E-state index in [1.165, 1.54) is 36.5 Å². The molecule has 11 heteroatoms. The fourth-order valence-corrected chi connectivity index (χ4v) is 3.53. The van der Waals surface area contributed by atoms with Gasteiger partial charge in [-0.1, -0.05) is 11.6 Å². The van der Waals surface area contributed by atoms with Crippen molar-refractivity contribution in [2.45, 2.75) is 12.7 Å². The smallest absolute Gasteiger partial charge is 0.418 e. The number of aromatic nitrogens is 2. The summed E-state index contributed by atoms with van der Waals surface area (Å²) in [6.07, 6.45) is -2.45. The second-order valence-corrected chi connectivity index (χ2v) is 7.61. The van der Waals surface area contributed by atoms with Crippen molar-refractivity contribution in [2.24, 2.45) is 0 Å². The van der Waals surface area contributed by atoms with Crippen LogP contribution in [0, 0.1) is 22.4 Å². The van der Waals surface area contributed by atoms with E-state index < -0.39 is 17.6 Å². The maximum Gasteiger partial charge on any atom is 0.418 e. The molecule has 4 rings (SSSR count). The summed E-state index contributed by atoms with van der Waals surface area (Å²) in [6, 6.07) is 12.6. The Bertz CT molecular complexity index is 1440. The van der Waals surface area contributed by atoms with Crippen LogP contribution in [0.25, 0.3) is 10.9 Å². The Kier molecular flexibility index (Phi) is 6.13. The fraction of sp³-hybridized carbons (Fsp3) is 0.0870. The molecule has 2 heterocycles. The molecule has 0 bridgehead atoms. The van der Waals surface area contributed by atoms with E-state index in [0.717, 1.165) is 18.3 Å². The minimum Gasteiger partial charge on any atom is -0.618 e. The summed E-state index contributed by atoms with van der Waals surface area (Å²) in [6.45, 7) is -0.0468. The Morgan fingerprint density at radius 3 is 2.59 bits per heavy atom. The molecule has 6 nitrogen and oxygen atoms in total. The van der Waals surface area contributed by atoms with Crippen molar-refractivity contribution in [1.29, 1.82) is 5.26 Å². The SMILES string of the molecule is N#Cc1cnc2c(C(F)(F)F)cc(NCc3cccc[n+]3[O-])cc2c1Nc1ccc(F)c(Cl)c1. The lowest BCUT2D eigenvalue weighted by molar-refractivity contribution is -0.613. The van der Waals surface area contributed by atoms with Gasteiger partial charge in [-0.3, -0.25) is 4.98 Å². The molecule has 172 valence electrons. The molecule has 2 aromatic carbocycles. The van der Waals surface area contributed by atoms with Crippen LogP contribution in [0.1, 0.15) is 16.8 Å². The number of hydrogen-bond acceptors (Lipinski definition) is 5. The predicted octanol–water partition coefficient (Wildman–Crippen LogP) is 5.91. The number of halogens is 5. The Labute approximate surface area is 195 Å². The van der Waals surface area contributed by atoms with Gasteiger partial charge < -0.3 is 15.8 Å². The standard InChI is InChI=1S/C23H14ClF4N5O/c24-19-9-14(4-5-20(19)25)32-21-13(10-29)11-31-22-17(21)7-15(8-18(22)23(26,27)28)30-12-16-3-1-2-6-33(16)34/h1-9,11,30H,12H2,(H,31,32). The molecule has 0 spiro atoms. The van der Waals surface area contributed by atoms with Crippen molar-refractivity contribution >= 4 is 39.6 Å². The number of alkyl halides is 3. The van der Waals surface area contributed by atoms with Gasteiger partial charge in [0, 0.05) is 35.1 Å². The second-order valence-electron chi connectivity index (χ2n) is 7.20. The molecule has 0 aliphatic rings. The Balaban J connectivity index is 1.86. The van der Waals surface area contributed by atoms with Crippen molar-refractivity contribution in [3.05, 3.63) is 93.8 Å². The molecule has 0 fully saturated rings. The summed E-state index contributed by atoms with van der Waals surface area (Å²) < 4.78 is 55.8. The van der Waals surface area contributed by atoms with Crippen molar-refractivity contribution in [3.63, 3.8) is 0 Å². The van der Waals surface area contributed by atoms with E-state index in [2.05, 4.69) is 15.6 Å². The molecule has 0 radical (unpaired) electrons. The Hall–Kier alpha value is -4.10. The van der Waals surface area contributed by atoms with Crippen LogP contribution in [0.5, 0.6) is 0 Å². The number of fused-ring (bicyclic) bond motifs is 1. The number of pyridine rings is 2. The van der Waals surface area contributed by atoms with Crippen LogP contribution >= 0.6 is 11.6 Å². The zero-order valence-corrected chi connectivity index (χ0v) is 17.9. The quantitative estimate of drug-likeness (QED) is 0.208. The first-order chi connectivity index (χ1) is 16.2. The van der Waals surface area contributed by atoms with Crippen LogP contribution in [0.15, 0.2) is 60.9 Å². The highest BCUT2D eigenvalue weighted by Crippen LogP contribution is 2.40. The second kappa shape index (κ2) is 9.03. The molecule has 4 aromatic rings. The first-order valence-corrected chi connectivity index (χ1v) is 10.1. The number of anilines is 3. The molecular formula is C23H14ClF4N5O. The van der Waals surface area contributed by atoms with Crippen LogP contribution in [0.3, 0.4) is 0 Å². The van der Waals surface area contributed by atoms with Crippen molar-refractivity contribution < 1.29 is 22.3 Å². The maximum absolute atomic E-state index is 13.9. The normalized spacial score (nSPS) is 11.3. The summed E-state index contributed by atoms with van der Waals surface area (Å²) in [4.78, 5) is 3.88. The van der Waals surface area contributed by atoms with Crippen LogP contribution in [-0.4, -0.2) is 4.98 Å². The summed E-state index contributed by atoms with van der Waals surface area (Å²) in [5, 5.41) is 26.9. The van der Waals surface area contributed by atoms with Gasteiger partial charge in [0.1, 0.15) is 18.4 Å². The van der Waals surface area contributed by atoms with Gasteiger partial charge in [0.15, 0.2) is 6.20 Å². The first kappa shape index (κ1) is 23.1. The van der Waals surface area contributed by atoms with E-state index in [9.17, 15) is 28.0 Å². The van der Waals surface area contributed by atoms with E-state index in [0.29, 0.717) is 10.4 Å². The summed E-state index contributed by atoms with van der Waals surface area (Å²) in [5.41, 5.74) is -0.785. The van der Waals surface area contributed by atoms with Crippen molar-refractivity contribution in [3.8, 4) is 6.07 Å². The lowest BCUT2D eigenvalue weighted by Crippen LogP contribution is -2.32. The molecule has 0 atom stereocenters. The lowest BCUT2D eigenvalue weighted by Gasteiger charge is -2.17. The third-order valence-corrected chi connectivity index (χ3v) is 5.25. The summed E-state index contributed by atoms with van der Waals surface area (Å²) in [5.74, 6) is -0.672. The van der Waals surface area contributed by atoms with Crippen LogP contribution in [0.4, 0.5) is 34.6 Å². The molecule has 34 heavy (non-hydrogen) atoms.